The van der Waals surface area contributed by atoms with Crippen molar-refractivity contribution in [3.05, 3.63) is 142 Å². The molecule has 8 nitrogen and oxygen atoms in total. The Morgan fingerprint density at radius 3 is 2.57 bits per heavy atom. The van der Waals surface area contributed by atoms with E-state index in [0.717, 1.165) is 57.6 Å². The lowest BCUT2D eigenvalue weighted by atomic mass is 9.83. The van der Waals surface area contributed by atoms with Gasteiger partial charge in [-0.05, 0) is 79.4 Å². The molecule has 6 bridgehead atoms. The number of fused-ring (bicyclic) bond motifs is 10. The highest BCUT2D eigenvalue weighted by molar-refractivity contribution is 9.10. The molecule has 12 heteroatoms. The topological polar surface area (TPSA) is 87.6 Å². The van der Waals surface area contributed by atoms with Crippen LogP contribution in [0.1, 0.15) is 68.0 Å². The Morgan fingerprint density at radius 2 is 1.75 bits per heavy atom. The first kappa shape index (κ1) is 35.5. The molecule has 0 N–H and O–H groups in total. The molecule has 0 saturated heterocycles. The quantitative estimate of drug-likeness (QED) is 0.177. The standard InChI is InChI=1S/C41H38BrFN6O2S2/c1-27-13-15-32(16-14-27)53(50,51)49-21-17-33-34-25-47-26-39(44-46-47)41(2,3)19-5-4-12-37(29-9-6-10-30(42)22-29)48-20-18-36(45-48)28-8-7-11-31(23-28)52-40(34)35(43)24-38(33)49/h6-11,13-18,20-24,26,37H,4-5,12,19,25H2,1-3H3. The van der Waals surface area contributed by atoms with Gasteiger partial charge in [-0.1, -0.05) is 102 Å². The third-order valence-corrected chi connectivity index (χ3v) is 13.5. The number of benzene rings is 4. The highest BCUT2D eigenvalue weighted by Crippen LogP contribution is 2.40. The van der Waals surface area contributed by atoms with Crippen molar-refractivity contribution in [3.63, 3.8) is 0 Å². The van der Waals surface area contributed by atoms with Crippen molar-refractivity contribution in [3.8, 4) is 11.3 Å². The van der Waals surface area contributed by atoms with Gasteiger partial charge < -0.3 is 0 Å². The number of halogens is 2. The van der Waals surface area contributed by atoms with Gasteiger partial charge in [-0.3, -0.25) is 4.68 Å². The molecule has 7 aromatic rings. The SMILES string of the molecule is Cc1ccc(S(=O)(=O)n2ccc3c4c(c(F)cc32)Sc2cccc(c2)-c2ccn(n2)C(c2cccc(Br)c2)CCCCC(C)(C)c2cn(nn2)C4)cc1. The fourth-order valence-electron chi connectivity index (χ4n) is 7.12. The summed E-state index contributed by atoms with van der Waals surface area (Å²) >= 11 is 4.96. The zero-order valence-corrected chi connectivity index (χ0v) is 32.8. The zero-order chi connectivity index (χ0) is 36.9. The van der Waals surface area contributed by atoms with Crippen LogP contribution in [0, 0.1) is 12.7 Å². The summed E-state index contributed by atoms with van der Waals surface area (Å²) in [5, 5.41) is 14.8. The summed E-state index contributed by atoms with van der Waals surface area (Å²) in [6, 6.07) is 28.2. The van der Waals surface area contributed by atoms with Crippen molar-refractivity contribution < 1.29 is 12.8 Å². The lowest BCUT2D eigenvalue weighted by Gasteiger charge is -2.23. The van der Waals surface area contributed by atoms with Crippen LogP contribution in [0.4, 0.5) is 4.39 Å². The second-order valence-electron chi connectivity index (χ2n) is 14.3. The summed E-state index contributed by atoms with van der Waals surface area (Å²) < 4.78 is 50.3. The van der Waals surface area contributed by atoms with E-state index in [9.17, 15) is 8.42 Å². The van der Waals surface area contributed by atoms with Gasteiger partial charge in [0.25, 0.3) is 10.0 Å². The van der Waals surface area contributed by atoms with Crippen LogP contribution in [0.15, 0.2) is 129 Å². The van der Waals surface area contributed by atoms with E-state index in [1.54, 1.807) is 35.0 Å². The van der Waals surface area contributed by atoms with Crippen LogP contribution in [-0.2, 0) is 22.0 Å². The fourth-order valence-corrected chi connectivity index (χ4v) is 9.90. The molecule has 0 aliphatic carbocycles. The molecule has 8 rings (SSSR count). The summed E-state index contributed by atoms with van der Waals surface area (Å²) in [4.78, 5) is 1.36. The predicted octanol–water partition coefficient (Wildman–Crippen LogP) is 10.2. The van der Waals surface area contributed by atoms with Crippen molar-refractivity contribution in [2.45, 2.75) is 79.1 Å². The minimum absolute atomic E-state index is 0.0513. The molecule has 0 amide bonds. The van der Waals surface area contributed by atoms with Crippen LogP contribution in [0.3, 0.4) is 0 Å². The first-order valence-electron chi connectivity index (χ1n) is 17.6. The third kappa shape index (κ3) is 7.00. The van der Waals surface area contributed by atoms with Gasteiger partial charge in [-0.2, -0.15) is 5.10 Å². The maximum Gasteiger partial charge on any atom is 0.268 e. The molecule has 4 aromatic carbocycles. The zero-order valence-electron chi connectivity index (χ0n) is 29.6. The van der Waals surface area contributed by atoms with Crippen LogP contribution >= 0.6 is 27.7 Å². The van der Waals surface area contributed by atoms with E-state index in [0.29, 0.717) is 15.8 Å². The lowest BCUT2D eigenvalue weighted by molar-refractivity contribution is 0.409. The monoisotopic (exact) mass is 808 g/mol. The number of aryl methyl sites for hydroxylation is 1. The molecule has 4 heterocycles. The Hall–Kier alpha value is -4.52. The predicted molar refractivity (Wildman–Crippen MR) is 210 cm³/mol. The first-order chi connectivity index (χ1) is 25.5. The lowest BCUT2D eigenvalue weighted by Crippen LogP contribution is -2.18. The van der Waals surface area contributed by atoms with Crippen LogP contribution in [0.25, 0.3) is 22.2 Å². The minimum atomic E-state index is -4.00. The Kier molecular flexibility index (Phi) is 9.40. The van der Waals surface area contributed by atoms with Crippen LogP contribution in [0.5, 0.6) is 0 Å². The number of nitrogens with zero attached hydrogens (tertiary/aromatic N) is 6. The molecule has 3 aromatic heterocycles. The Morgan fingerprint density at radius 1 is 0.943 bits per heavy atom. The van der Waals surface area contributed by atoms with Crippen molar-refractivity contribution in [2.75, 3.05) is 0 Å². The van der Waals surface area contributed by atoms with E-state index in [2.05, 4.69) is 63.0 Å². The van der Waals surface area contributed by atoms with E-state index in [1.807, 2.05) is 55.7 Å². The largest absolute Gasteiger partial charge is 0.268 e. The normalized spacial score (nSPS) is 16.4. The molecule has 0 fully saturated rings. The van der Waals surface area contributed by atoms with Crippen LogP contribution < -0.4 is 0 Å². The molecule has 0 saturated carbocycles. The van der Waals surface area contributed by atoms with Gasteiger partial charge in [0, 0.05) is 50.4 Å². The molecule has 1 aliphatic rings. The smallest absolute Gasteiger partial charge is 0.265 e. The highest BCUT2D eigenvalue weighted by Gasteiger charge is 2.27. The van der Waals surface area contributed by atoms with Gasteiger partial charge in [-0.25, -0.2) is 21.5 Å². The Bertz CT molecular complexity index is 2580. The molecular weight excluding hydrogens is 772 g/mol. The van der Waals surface area contributed by atoms with Gasteiger partial charge in [0.15, 0.2) is 0 Å². The Balaban J connectivity index is 1.26. The summed E-state index contributed by atoms with van der Waals surface area (Å²) in [7, 11) is -4.00. The maximum absolute atomic E-state index is 16.6. The molecule has 0 spiro atoms. The molecule has 270 valence electrons. The second-order valence-corrected chi connectivity index (χ2v) is 18.2. The van der Waals surface area contributed by atoms with E-state index in [1.165, 1.54) is 33.6 Å². The average molecular weight is 810 g/mol. The van der Waals surface area contributed by atoms with Crippen LogP contribution in [-0.4, -0.2) is 37.2 Å². The molecule has 1 aliphatic heterocycles. The van der Waals surface area contributed by atoms with Crippen molar-refractivity contribution in [1.82, 2.24) is 28.7 Å². The molecular formula is C41H38BrFN6O2S2. The van der Waals surface area contributed by atoms with Gasteiger partial charge in [0.2, 0.25) is 0 Å². The van der Waals surface area contributed by atoms with E-state index < -0.39 is 15.8 Å². The summed E-state index contributed by atoms with van der Waals surface area (Å²) in [5.41, 5.74) is 5.36. The van der Waals surface area contributed by atoms with Gasteiger partial charge in [-0.15, -0.1) is 5.10 Å². The van der Waals surface area contributed by atoms with E-state index in [-0.39, 0.29) is 28.4 Å². The summed E-state index contributed by atoms with van der Waals surface area (Å²) in [6.07, 6.45) is 9.28. The summed E-state index contributed by atoms with van der Waals surface area (Å²) in [6.45, 7) is 6.46. The van der Waals surface area contributed by atoms with Gasteiger partial charge in [0.1, 0.15) is 5.82 Å². The minimum Gasteiger partial charge on any atom is -0.265 e. The second kappa shape index (κ2) is 14.0. The summed E-state index contributed by atoms with van der Waals surface area (Å²) in [5.74, 6) is -0.519. The number of hydrogen-bond donors (Lipinski definition) is 0. The van der Waals surface area contributed by atoms with Crippen LogP contribution in [0.2, 0.25) is 0 Å². The van der Waals surface area contributed by atoms with Crippen molar-refractivity contribution >= 4 is 48.6 Å². The number of aromatic nitrogens is 6. The van der Waals surface area contributed by atoms with Gasteiger partial charge >= 0.3 is 0 Å². The molecule has 53 heavy (non-hydrogen) atoms. The third-order valence-electron chi connectivity index (χ3n) is 10.1. The molecule has 0 radical (unpaired) electrons. The van der Waals surface area contributed by atoms with Gasteiger partial charge in [0.05, 0.1) is 39.3 Å². The number of hydrogen-bond acceptors (Lipinski definition) is 6. The highest BCUT2D eigenvalue weighted by atomic mass is 79.9. The molecule has 1 unspecified atom stereocenters. The maximum atomic E-state index is 16.6. The average Bonchev–Trinajstić information content (AvgIpc) is 3.91. The van der Waals surface area contributed by atoms with Crippen molar-refractivity contribution in [2.24, 2.45) is 0 Å². The first-order valence-corrected chi connectivity index (χ1v) is 20.7. The van der Waals surface area contributed by atoms with E-state index in [4.69, 9.17) is 5.10 Å². The fraction of sp³-hybridized carbons (Fsp3) is 0.244. The van der Waals surface area contributed by atoms with Crippen molar-refractivity contribution in [1.29, 1.82) is 0 Å². The number of rotatable bonds is 3. The molecule has 1 atom stereocenters. The Labute approximate surface area is 321 Å². The van der Waals surface area contributed by atoms with E-state index >= 15 is 4.39 Å².